The van der Waals surface area contributed by atoms with Gasteiger partial charge in [-0.3, -0.25) is 9.69 Å². The van der Waals surface area contributed by atoms with E-state index >= 15 is 0 Å². The van der Waals surface area contributed by atoms with Gasteiger partial charge in [0.05, 0.1) is 18.7 Å². The third kappa shape index (κ3) is 2.99. The highest BCUT2D eigenvalue weighted by atomic mass is 16.6. The van der Waals surface area contributed by atoms with Crippen molar-refractivity contribution < 1.29 is 14.3 Å². The Hall–Kier alpha value is -3.02. The van der Waals surface area contributed by atoms with Gasteiger partial charge in [-0.25, -0.2) is 4.79 Å². The van der Waals surface area contributed by atoms with Crippen LogP contribution < -0.4 is 0 Å². The molecule has 4 rings (SSSR count). The van der Waals surface area contributed by atoms with Crippen molar-refractivity contribution in [3.8, 4) is 0 Å². The third-order valence-electron chi connectivity index (χ3n) is 5.68. The second kappa shape index (κ2) is 7.19. The summed E-state index contributed by atoms with van der Waals surface area (Å²) in [5.41, 5.74) is 3.19. The van der Waals surface area contributed by atoms with Gasteiger partial charge < -0.3 is 13.9 Å². The number of hydrogen-bond donors (Lipinski definition) is 0. The van der Waals surface area contributed by atoms with Gasteiger partial charge in [-0.2, -0.15) is 0 Å². The standard InChI is InChI=1S/C22H25N3O3/c1-4-28-22(27)25-19-9-10-20(25)18(14-16-8-6-12-24(16)3)21(26)17(19)13-15-7-5-11-23(15)2/h5-8,11-14,19-20H,4,9-10H2,1-3H3/b17-13+,18-14+/t19-,20+. The van der Waals surface area contributed by atoms with Gasteiger partial charge in [0, 0.05) is 49.0 Å². The van der Waals surface area contributed by atoms with E-state index in [0.29, 0.717) is 17.8 Å². The molecule has 0 radical (unpaired) electrons. The molecule has 1 amide bonds. The van der Waals surface area contributed by atoms with E-state index in [0.717, 1.165) is 24.2 Å². The molecule has 2 saturated heterocycles. The predicted octanol–water partition coefficient (Wildman–Crippen LogP) is 3.40. The molecule has 2 fully saturated rings. The second-order valence-electron chi connectivity index (χ2n) is 7.33. The molecule has 2 bridgehead atoms. The SMILES string of the molecule is CCOC(=O)N1[C@@H]2CC[C@H]1/C(=C\c1cccn1C)C(=O)/C2=C/c1cccn1C. The topological polar surface area (TPSA) is 56.5 Å². The van der Waals surface area contributed by atoms with E-state index < -0.39 is 0 Å². The van der Waals surface area contributed by atoms with E-state index in [-0.39, 0.29) is 24.0 Å². The molecule has 2 aromatic heterocycles. The van der Waals surface area contributed by atoms with Crippen molar-refractivity contribution >= 4 is 24.0 Å². The molecule has 6 heteroatoms. The molecule has 4 heterocycles. The average molecular weight is 379 g/mol. The zero-order chi connectivity index (χ0) is 19.8. The van der Waals surface area contributed by atoms with E-state index in [4.69, 9.17) is 4.74 Å². The number of hydrogen-bond acceptors (Lipinski definition) is 3. The lowest BCUT2D eigenvalue weighted by Crippen LogP contribution is -2.49. The number of ketones is 1. The summed E-state index contributed by atoms with van der Waals surface area (Å²) in [6.07, 6.45) is 8.89. The summed E-state index contributed by atoms with van der Waals surface area (Å²) >= 11 is 0. The van der Waals surface area contributed by atoms with Crippen molar-refractivity contribution in [2.45, 2.75) is 31.8 Å². The number of nitrogens with zero attached hydrogens (tertiary/aromatic N) is 3. The van der Waals surface area contributed by atoms with Crippen LogP contribution in [0.15, 0.2) is 47.8 Å². The van der Waals surface area contributed by atoms with Crippen LogP contribution in [0.3, 0.4) is 0 Å². The van der Waals surface area contributed by atoms with E-state index in [1.807, 2.05) is 72.0 Å². The number of rotatable bonds is 3. The van der Waals surface area contributed by atoms with Crippen LogP contribution in [0, 0.1) is 0 Å². The molecule has 146 valence electrons. The first kappa shape index (κ1) is 18.3. The highest BCUT2D eigenvalue weighted by molar-refractivity contribution is 6.16. The highest BCUT2D eigenvalue weighted by Gasteiger charge is 2.49. The van der Waals surface area contributed by atoms with Crippen LogP contribution >= 0.6 is 0 Å². The van der Waals surface area contributed by atoms with E-state index in [9.17, 15) is 9.59 Å². The Kier molecular flexibility index (Phi) is 4.71. The molecule has 2 aliphatic heterocycles. The van der Waals surface area contributed by atoms with Crippen LogP contribution in [0.2, 0.25) is 0 Å². The number of aryl methyl sites for hydroxylation is 2. The van der Waals surface area contributed by atoms with Gasteiger partial charge in [-0.05, 0) is 56.2 Å². The van der Waals surface area contributed by atoms with Crippen molar-refractivity contribution in [2.24, 2.45) is 14.1 Å². The van der Waals surface area contributed by atoms with Crippen LogP contribution in [0.4, 0.5) is 4.79 Å². The Labute approximate surface area is 164 Å². The molecule has 0 N–H and O–H groups in total. The van der Waals surface area contributed by atoms with Crippen LogP contribution in [-0.4, -0.2) is 44.6 Å². The summed E-state index contributed by atoms with van der Waals surface area (Å²) in [4.78, 5) is 27.9. The lowest BCUT2D eigenvalue weighted by molar-refractivity contribution is -0.114. The minimum atomic E-state index is -0.349. The number of fused-ring (bicyclic) bond motifs is 2. The van der Waals surface area contributed by atoms with Gasteiger partial charge in [-0.15, -0.1) is 0 Å². The molecule has 6 nitrogen and oxygen atoms in total. The first-order chi connectivity index (χ1) is 13.5. The van der Waals surface area contributed by atoms with Gasteiger partial charge in [-0.1, -0.05) is 0 Å². The Morgan fingerprint density at radius 3 is 1.93 bits per heavy atom. The lowest BCUT2D eigenvalue weighted by Gasteiger charge is -2.36. The van der Waals surface area contributed by atoms with Gasteiger partial charge in [0.2, 0.25) is 0 Å². The van der Waals surface area contributed by atoms with Crippen LogP contribution in [0.25, 0.3) is 12.2 Å². The van der Waals surface area contributed by atoms with Gasteiger partial charge in [0.25, 0.3) is 0 Å². The van der Waals surface area contributed by atoms with Crippen LogP contribution in [-0.2, 0) is 23.6 Å². The van der Waals surface area contributed by atoms with E-state index in [1.165, 1.54) is 0 Å². The van der Waals surface area contributed by atoms with Gasteiger partial charge in [0.15, 0.2) is 5.78 Å². The lowest BCUT2D eigenvalue weighted by atomic mass is 9.89. The second-order valence-corrected chi connectivity index (χ2v) is 7.33. The van der Waals surface area contributed by atoms with E-state index in [2.05, 4.69) is 0 Å². The molecule has 28 heavy (non-hydrogen) atoms. The number of Topliss-reactive ketones (excluding diaryl/α,β-unsaturated/α-hetero) is 1. The van der Waals surface area contributed by atoms with Gasteiger partial charge >= 0.3 is 6.09 Å². The Bertz CT molecular complexity index is 911. The zero-order valence-corrected chi connectivity index (χ0v) is 16.5. The Morgan fingerprint density at radius 2 is 1.54 bits per heavy atom. The van der Waals surface area contributed by atoms with Crippen molar-refractivity contribution in [3.05, 3.63) is 59.2 Å². The fourth-order valence-electron chi connectivity index (χ4n) is 4.23. The minimum Gasteiger partial charge on any atom is -0.450 e. The maximum absolute atomic E-state index is 13.5. The van der Waals surface area contributed by atoms with Crippen molar-refractivity contribution in [1.82, 2.24) is 14.0 Å². The summed E-state index contributed by atoms with van der Waals surface area (Å²) < 4.78 is 9.26. The molecular weight excluding hydrogens is 354 g/mol. The molecule has 2 aromatic rings. The number of carbonyl (C=O) groups excluding carboxylic acids is 2. The number of aromatic nitrogens is 2. The normalized spacial score (nSPS) is 24.4. The average Bonchev–Trinajstić information content (AvgIpc) is 3.36. The van der Waals surface area contributed by atoms with Crippen molar-refractivity contribution in [2.75, 3.05) is 6.61 Å². The monoisotopic (exact) mass is 379 g/mol. The molecule has 0 unspecified atom stereocenters. The largest absolute Gasteiger partial charge is 0.450 e. The summed E-state index contributed by atoms with van der Waals surface area (Å²) in [7, 11) is 3.89. The summed E-state index contributed by atoms with van der Waals surface area (Å²) in [5.74, 6) is 0.0236. The third-order valence-corrected chi connectivity index (χ3v) is 5.68. The molecule has 0 spiro atoms. The Morgan fingerprint density at radius 1 is 1.04 bits per heavy atom. The van der Waals surface area contributed by atoms with Crippen LogP contribution in [0.1, 0.15) is 31.2 Å². The maximum atomic E-state index is 13.5. The molecule has 2 aliphatic rings. The maximum Gasteiger partial charge on any atom is 0.410 e. The zero-order valence-electron chi connectivity index (χ0n) is 16.5. The molecule has 2 atom stereocenters. The summed E-state index contributed by atoms with van der Waals surface area (Å²) in [6.45, 7) is 2.12. The smallest absolute Gasteiger partial charge is 0.410 e. The summed E-state index contributed by atoms with van der Waals surface area (Å²) in [5, 5.41) is 0. The quantitative estimate of drug-likeness (QED) is 0.768. The first-order valence-corrected chi connectivity index (χ1v) is 9.67. The fraction of sp³-hybridized carbons (Fsp3) is 0.364. The number of ether oxygens (including phenoxy) is 1. The fourth-order valence-corrected chi connectivity index (χ4v) is 4.23. The van der Waals surface area contributed by atoms with Gasteiger partial charge in [0.1, 0.15) is 0 Å². The van der Waals surface area contributed by atoms with Crippen molar-refractivity contribution in [3.63, 3.8) is 0 Å². The highest BCUT2D eigenvalue weighted by Crippen LogP contribution is 2.41. The van der Waals surface area contributed by atoms with E-state index in [1.54, 1.807) is 11.8 Å². The molecule has 0 aliphatic carbocycles. The number of amides is 1. The Balaban J connectivity index is 1.83. The van der Waals surface area contributed by atoms with Crippen molar-refractivity contribution in [1.29, 1.82) is 0 Å². The predicted molar refractivity (Wildman–Crippen MR) is 107 cm³/mol. The number of piperidine rings is 1. The summed E-state index contributed by atoms with van der Waals surface area (Å²) in [6, 6.07) is 7.35. The molecule has 0 aromatic carbocycles. The van der Waals surface area contributed by atoms with Crippen LogP contribution in [0.5, 0.6) is 0 Å². The number of carbonyl (C=O) groups is 2. The molecular formula is C22H25N3O3. The first-order valence-electron chi connectivity index (χ1n) is 9.67. The molecule has 0 saturated carbocycles. The minimum absolute atomic E-state index is 0.0236.